The summed E-state index contributed by atoms with van der Waals surface area (Å²) in [4.78, 5) is 12.3. The van der Waals surface area contributed by atoms with Crippen LogP contribution in [0.2, 0.25) is 15.1 Å². The van der Waals surface area contributed by atoms with E-state index >= 15 is 0 Å². The number of hydrogen-bond acceptors (Lipinski definition) is 4. The van der Waals surface area contributed by atoms with Gasteiger partial charge in [0.25, 0.3) is 0 Å². The Bertz CT molecular complexity index is 1150. The maximum absolute atomic E-state index is 12.3. The zero-order valence-electron chi connectivity index (χ0n) is 16.3. The topological polar surface area (TPSA) is 59.3 Å². The molecule has 0 heterocycles. The molecule has 3 aromatic carbocycles. The van der Waals surface area contributed by atoms with E-state index in [0.29, 0.717) is 32.1 Å². The van der Waals surface area contributed by atoms with Gasteiger partial charge < -0.3 is 9.47 Å². The van der Waals surface area contributed by atoms with E-state index in [1.807, 2.05) is 0 Å². The van der Waals surface area contributed by atoms with Gasteiger partial charge in [-0.1, -0.05) is 59.1 Å². The van der Waals surface area contributed by atoms with Crippen molar-refractivity contribution in [3.05, 3.63) is 92.9 Å². The maximum Gasteiger partial charge on any atom is 0.352 e. The fourth-order valence-corrected chi connectivity index (χ4v) is 3.20. The van der Waals surface area contributed by atoms with Gasteiger partial charge in [-0.15, -0.1) is 0 Å². The average molecular weight is 473 g/mol. The second-order valence-electron chi connectivity index (χ2n) is 6.50. The van der Waals surface area contributed by atoms with Crippen molar-refractivity contribution in [3.8, 4) is 17.6 Å². The lowest BCUT2D eigenvalue weighted by Crippen LogP contribution is -2.28. The fraction of sp³-hybridized carbons (Fsp3) is 0.0833. The van der Waals surface area contributed by atoms with E-state index in [4.69, 9.17) is 44.3 Å². The molecule has 1 unspecified atom stereocenters. The predicted molar refractivity (Wildman–Crippen MR) is 124 cm³/mol. The summed E-state index contributed by atoms with van der Waals surface area (Å²) in [5, 5.41) is 10.8. The van der Waals surface area contributed by atoms with Gasteiger partial charge >= 0.3 is 5.97 Å². The first-order valence-corrected chi connectivity index (χ1v) is 10.3. The van der Waals surface area contributed by atoms with Gasteiger partial charge in [-0.2, -0.15) is 5.26 Å². The van der Waals surface area contributed by atoms with Crippen LogP contribution in [0.4, 0.5) is 0 Å². The van der Waals surface area contributed by atoms with Crippen molar-refractivity contribution in [1.29, 1.82) is 5.26 Å². The van der Waals surface area contributed by atoms with Crippen molar-refractivity contribution >= 4 is 52.4 Å². The van der Waals surface area contributed by atoms with E-state index in [-0.39, 0.29) is 0 Å². The van der Waals surface area contributed by atoms with Crippen LogP contribution in [-0.2, 0) is 4.79 Å². The Balaban J connectivity index is 1.66. The Kier molecular flexibility index (Phi) is 7.59. The first kappa shape index (κ1) is 22.7. The normalized spacial score (nSPS) is 12.0. The summed E-state index contributed by atoms with van der Waals surface area (Å²) < 4.78 is 10.9. The molecular formula is C24H16Cl3NO3. The molecule has 0 spiro atoms. The number of rotatable bonds is 6. The van der Waals surface area contributed by atoms with E-state index in [2.05, 4.69) is 6.07 Å². The first-order valence-electron chi connectivity index (χ1n) is 9.17. The molecule has 0 amide bonds. The van der Waals surface area contributed by atoms with Crippen LogP contribution >= 0.6 is 34.8 Å². The Morgan fingerprint density at radius 3 is 2.23 bits per heavy atom. The number of ether oxygens (including phenoxy) is 2. The molecule has 0 aliphatic rings. The summed E-state index contributed by atoms with van der Waals surface area (Å²) in [5.74, 6) is 0.111. The second-order valence-corrected chi connectivity index (χ2v) is 7.78. The van der Waals surface area contributed by atoms with E-state index in [0.717, 1.165) is 11.1 Å². The van der Waals surface area contributed by atoms with Crippen LogP contribution in [0, 0.1) is 11.3 Å². The lowest BCUT2D eigenvalue weighted by atomic mass is 10.0. The van der Waals surface area contributed by atoms with Gasteiger partial charge in [-0.05, 0) is 66.6 Å². The zero-order chi connectivity index (χ0) is 22.4. The molecular weight excluding hydrogens is 457 g/mol. The quantitative estimate of drug-likeness (QED) is 0.166. The standard InChI is InChI=1S/C24H16Cl3NO3/c1-15(30-23-11-8-20(26)13-22(23)27)24(29)31-21-9-2-16(3-10-21)12-18(14-28)17-4-6-19(25)7-5-17/h2-13,15H,1H3/b18-12-. The van der Waals surface area contributed by atoms with Crippen LogP contribution < -0.4 is 9.47 Å². The number of halogens is 3. The van der Waals surface area contributed by atoms with Gasteiger partial charge in [-0.25, -0.2) is 4.79 Å². The Hall–Kier alpha value is -2.97. The fourth-order valence-electron chi connectivity index (χ4n) is 2.62. The Morgan fingerprint density at radius 1 is 0.968 bits per heavy atom. The number of esters is 1. The molecule has 0 N–H and O–H groups in total. The number of carbonyl (C=O) groups is 1. The molecule has 0 saturated heterocycles. The summed E-state index contributed by atoms with van der Waals surface area (Å²) in [6.45, 7) is 1.57. The number of nitrogens with zero attached hydrogens (tertiary/aromatic N) is 1. The van der Waals surface area contributed by atoms with Gasteiger partial charge in [0, 0.05) is 10.0 Å². The number of nitriles is 1. The Morgan fingerprint density at radius 2 is 1.61 bits per heavy atom. The summed E-state index contributed by atoms with van der Waals surface area (Å²) >= 11 is 17.8. The van der Waals surface area contributed by atoms with E-state index < -0.39 is 12.1 Å². The molecule has 0 bridgehead atoms. The molecule has 0 aromatic heterocycles. The lowest BCUT2D eigenvalue weighted by Gasteiger charge is -2.15. The minimum atomic E-state index is -0.881. The third-order valence-electron chi connectivity index (χ3n) is 4.21. The summed E-state index contributed by atoms with van der Waals surface area (Å²) in [6, 6.07) is 20.7. The Labute approximate surface area is 195 Å². The number of benzene rings is 3. The van der Waals surface area contributed by atoms with Crippen molar-refractivity contribution in [1.82, 2.24) is 0 Å². The molecule has 0 saturated carbocycles. The number of carbonyl (C=O) groups excluding carboxylic acids is 1. The van der Waals surface area contributed by atoms with E-state index in [1.165, 1.54) is 6.07 Å². The highest BCUT2D eigenvalue weighted by atomic mass is 35.5. The molecule has 3 aromatic rings. The van der Waals surface area contributed by atoms with Crippen LogP contribution in [0.1, 0.15) is 18.1 Å². The van der Waals surface area contributed by atoms with Gasteiger partial charge in [0.05, 0.1) is 16.7 Å². The number of hydrogen-bond donors (Lipinski definition) is 0. The largest absolute Gasteiger partial charge is 0.477 e. The van der Waals surface area contributed by atoms with Crippen LogP contribution in [-0.4, -0.2) is 12.1 Å². The summed E-state index contributed by atoms with van der Waals surface area (Å²) in [6.07, 6.45) is 0.858. The van der Waals surface area contributed by atoms with Crippen LogP contribution in [0.5, 0.6) is 11.5 Å². The molecule has 31 heavy (non-hydrogen) atoms. The van der Waals surface area contributed by atoms with Crippen LogP contribution in [0.25, 0.3) is 11.6 Å². The van der Waals surface area contributed by atoms with E-state index in [9.17, 15) is 10.1 Å². The number of allylic oxidation sites excluding steroid dienone is 1. The van der Waals surface area contributed by atoms with Crippen LogP contribution in [0.3, 0.4) is 0 Å². The minimum Gasteiger partial charge on any atom is -0.477 e. The molecule has 4 nitrogen and oxygen atoms in total. The van der Waals surface area contributed by atoms with Crippen molar-refractivity contribution in [2.75, 3.05) is 0 Å². The highest BCUT2D eigenvalue weighted by molar-refractivity contribution is 6.35. The molecule has 0 radical (unpaired) electrons. The minimum absolute atomic E-state index is 0.303. The third kappa shape index (κ3) is 6.26. The highest BCUT2D eigenvalue weighted by Gasteiger charge is 2.18. The van der Waals surface area contributed by atoms with Gasteiger partial charge in [0.2, 0.25) is 0 Å². The first-order chi connectivity index (χ1) is 14.9. The third-order valence-corrected chi connectivity index (χ3v) is 5.00. The van der Waals surface area contributed by atoms with Gasteiger partial charge in [0.1, 0.15) is 11.5 Å². The van der Waals surface area contributed by atoms with Gasteiger partial charge in [0.15, 0.2) is 6.10 Å². The second kappa shape index (κ2) is 10.4. The van der Waals surface area contributed by atoms with E-state index in [1.54, 1.807) is 73.7 Å². The molecule has 7 heteroatoms. The molecule has 0 fully saturated rings. The molecule has 0 aliphatic carbocycles. The molecule has 156 valence electrons. The lowest BCUT2D eigenvalue weighted by molar-refractivity contribution is -0.141. The monoisotopic (exact) mass is 471 g/mol. The maximum atomic E-state index is 12.3. The van der Waals surface area contributed by atoms with Crippen molar-refractivity contribution < 1.29 is 14.3 Å². The highest BCUT2D eigenvalue weighted by Crippen LogP contribution is 2.28. The van der Waals surface area contributed by atoms with Crippen LogP contribution in [0.15, 0.2) is 66.7 Å². The van der Waals surface area contributed by atoms with Crippen molar-refractivity contribution in [2.24, 2.45) is 0 Å². The van der Waals surface area contributed by atoms with Crippen molar-refractivity contribution in [2.45, 2.75) is 13.0 Å². The van der Waals surface area contributed by atoms with Gasteiger partial charge in [-0.3, -0.25) is 0 Å². The van der Waals surface area contributed by atoms with Crippen molar-refractivity contribution in [3.63, 3.8) is 0 Å². The predicted octanol–water partition coefficient (Wildman–Crippen LogP) is 7.08. The average Bonchev–Trinajstić information content (AvgIpc) is 2.75. The molecule has 1 atom stereocenters. The summed E-state index contributed by atoms with van der Waals surface area (Å²) in [5.41, 5.74) is 2.03. The summed E-state index contributed by atoms with van der Waals surface area (Å²) in [7, 11) is 0. The SMILES string of the molecule is CC(Oc1ccc(Cl)cc1Cl)C(=O)Oc1ccc(/C=C(/C#N)c2ccc(Cl)cc2)cc1. The molecule has 3 rings (SSSR count). The molecule has 0 aliphatic heterocycles. The smallest absolute Gasteiger partial charge is 0.352 e. The zero-order valence-corrected chi connectivity index (χ0v) is 18.6.